The van der Waals surface area contributed by atoms with Crippen LogP contribution in [-0.4, -0.2) is 27.4 Å². The molecule has 2 aliphatic rings. The summed E-state index contributed by atoms with van der Waals surface area (Å²) < 4.78 is 0. The Morgan fingerprint density at radius 1 is 0.750 bits per heavy atom. The molecule has 2 aliphatic carbocycles. The maximum absolute atomic E-state index is 9.59. The molecule has 0 amide bonds. The number of hydrogen-bond acceptors (Lipinski definition) is 3. The van der Waals surface area contributed by atoms with Crippen LogP contribution in [0.1, 0.15) is 32.1 Å². The van der Waals surface area contributed by atoms with Crippen molar-refractivity contribution >= 4 is 21.7 Å². The molecular weight excluding hydrogens is 575 g/mol. The first-order chi connectivity index (χ1) is 15.2. The van der Waals surface area contributed by atoms with E-state index in [4.69, 9.17) is 4.98 Å². The fourth-order valence-electron chi connectivity index (χ4n) is 5.33. The van der Waals surface area contributed by atoms with Gasteiger partial charge < -0.3 is 10.2 Å². The summed E-state index contributed by atoms with van der Waals surface area (Å²) in [5.74, 6) is 0.831. The number of hydrogen-bond donors (Lipinski definition) is 2. The van der Waals surface area contributed by atoms with Gasteiger partial charge in [0.1, 0.15) is 0 Å². The Labute approximate surface area is 202 Å². The van der Waals surface area contributed by atoms with Gasteiger partial charge in [-0.1, -0.05) is 55.0 Å². The molecule has 1 radical (unpaired) electrons. The van der Waals surface area contributed by atoms with Crippen LogP contribution >= 0.6 is 0 Å². The summed E-state index contributed by atoms with van der Waals surface area (Å²) in [4.78, 5) is 4.84. The molecule has 0 bridgehead atoms. The Morgan fingerprint density at radius 2 is 1.50 bits per heavy atom. The van der Waals surface area contributed by atoms with Crippen LogP contribution in [0.4, 0.5) is 0 Å². The maximum atomic E-state index is 9.59. The van der Waals surface area contributed by atoms with Gasteiger partial charge in [-0.2, -0.15) is 0 Å². The molecule has 32 heavy (non-hydrogen) atoms. The van der Waals surface area contributed by atoms with Gasteiger partial charge >= 0.3 is 0 Å². The summed E-state index contributed by atoms with van der Waals surface area (Å²) in [5, 5.41) is 22.7. The van der Waals surface area contributed by atoms with E-state index in [2.05, 4.69) is 54.6 Å². The molecule has 4 atom stereocenters. The number of nitrogens with zero attached hydrogens (tertiary/aromatic N) is 1. The van der Waals surface area contributed by atoms with Crippen LogP contribution in [0.5, 0.6) is 0 Å². The SMILES string of the molecule is OC1CCCC2CCC(O)C12.[Ir].[c-]1ccccc1-c1ccc2ccc3ccccc3c2n1. The molecule has 3 aromatic carbocycles. The van der Waals surface area contributed by atoms with E-state index in [1.807, 2.05) is 24.3 Å². The first kappa shape index (κ1) is 23.1. The molecular formula is C28H28IrNO2-. The summed E-state index contributed by atoms with van der Waals surface area (Å²) in [6.45, 7) is 0. The standard InChI is InChI=1S/C19H12N.C9H16O2.Ir/c1-2-7-15(8-3-1)18-13-12-16-11-10-14-6-4-5-9-17(14)19(16)20-18;10-7-3-1-2-6-4-5-8(11)9(6)7;/h1-7,9-13H;6-11H,1-5H2;/q-1;;. The van der Waals surface area contributed by atoms with Crippen molar-refractivity contribution in [1.29, 1.82) is 0 Å². The zero-order chi connectivity index (χ0) is 21.2. The van der Waals surface area contributed by atoms with Crippen molar-refractivity contribution in [2.75, 3.05) is 0 Å². The first-order valence-corrected chi connectivity index (χ1v) is 11.3. The fourth-order valence-corrected chi connectivity index (χ4v) is 5.33. The van der Waals surface area contributed by atoms with Gasteiger partial charge in [0.25, 0.3) is 0 Å². The zero-order valence-electron chi connectivity index (χ0n) is 17.9. The van der Waals surface area contributed by atoms with Gasteiger partial charge in [-0.15, -0.1) is 35.9 Å². The molecule has 167 valence electrons. The molecule has 4 heteroatoms. The van der Waals surface area contributed by atoms with Crippen LogP contribution in [0.25, 0.3) is 32.9 Å². The van der Waals surface area contributed by atoms with Crippen molar-refractivity contribution < 1.29 is 30.3 Å². The van der Waals surface area contributed by atoms with E-state index < -0.39 is 0 Å². The van der Waals surface area contributed by atoms with Crippen molar-refractivity contribution in [1.82, 2.24) is 4.98 Å². The van der Waals surface area contributed by atoms with E-state index in [9.17, 15) is 10.2 Å². The molecule has 2 fully saturated rings. The second-order valence-corrected chi connectivity index (χ2v) is 8.81. The molecule has 6 rings (SSSR count). The number of pyridine rings is 1. The predicted octanol–water partition coefficient (Wildman–Crippen LogP) is 5.77. The van der Waals surface area contributed by atoms with E-state index in [1.54, 1.807) is 0 Å². The molecule has 1 aromatic heterocycles. The summed E-state index contributed by atoms with van der Waals surface area (Å²) in [6, 6.07) is 28.0. The van der Waals surface area contributed by atoms with Crippen molar-refractivity contribution in [3.05, 3.63) is 78.9 Å². The van der Waals surface area contributed by atoms with Gasteiger partial charge in [0.15, 0.2) is 0 Å². The molecule has 4 aromatic rings. The van der Waals surface area contributed by atoms with E-state index in [0.717, 1.165) is 42.5 Å². The number of aliphatic hydroxyl groups excluding tert-OH is 2. The average molecular weight is 603 g/mol. The largest absolute Gasteiger partial charge is 0.393 e. The Balaban J connectivity index is 0.000000174. The molecule has 0 spiro atoms. The summed E-state index contributed by atoms with van der Waals surface area (Å²) >= 11 is 0. The number of aromatic nitrogens is 1. The third-order valence-electron chi connectivity index (χ3n) is 6.91. The van der Waals surface area contributed by atoms with Gasteiger partial charge in [0, 0.05) is 31.4 Å². The van der Waals surface area contributed by atoms with Crippen LogP contribution in [0.3, 0.4) is 0 Å². The summed E-state index contributed by atoms with van der Waals surface area (Å²) in [7, 11) is 0. The Hall–Kier alpha value is -2.10. The van der Waals surface area contributed by atoms with E-state index in [0.29, 0.717) is 5.92 Å². The second kappa shape index (κ2) is 10.2. The minimum Gasteiger partial charge on any atom is -0.393 e. The van der Waals surface area contributed by atoms with Gasteiger partial charge in [-0.3, -0.25) is 4.98 Å². The fraction of sp³-hybridized carbons (Fsp3) is 0.321. The maximum Gasteiger partial charge on any atom is 0.0673 e. The van der Waals surface area contributed by atoms with Gasteiger partial charge in [-0.05, 0) is 48.1 Å². The van der Waals surface area contributed by atoms with Crippen LogP contribution in [0.15, 0.2) is 72.8 Å². The Morgan fingerprint density at radius 3 is 2.31 bits per heavy atom. The number of aliphatic hydroxyl groups is 2. The van der Waals surface area contributed by atoms with E-state index in [1.165, 1.54) is 22.6 Å². The van der Waals surface area contributed by atoms with Gasteiger partial charge in [0.2, 0.25) is 0 Å². The zero-order valence-corrected chi connectivity index (χ0v) is 20.3. The topological polar surface area (TPSA) is 53.4 Å². The average Bonchev–Trinajstić information content (AvgIpc) is 3.22. The third kappa shape index (κ3) is 4.65. The summed E-state index contributed by atoms with van der Waals surface area (Å²) in [6.07, 6.45) is 4.88. The predicted molar refractivity (Wildman–Crippen MR) is 126 cm³/mol. The van der Waals surface area contributed by atoms with E-state index in [-0.39, 0.29) is 38.2 Å². The molecule has 4 unspecified atom stereocenters. The normalized spacial score (nSPS) is 24.3. The Kier molecular flexibility index (Phi) is 7.37. The van der Waals surface area contributed by atoms with Crippen LogP contribution in [-0.2, 0) is 20.1 Å². The third-order valence-corrected chi connectivity index (χ3v) is 6.91. The van der Waals surface area contributed by atoms with Crippen LogP contribution in [0.2, 0.25) is 0 Å². The number of benzene rings is 3. The second-order valence-electron chi connectivity index (χ2n) is 8.81. The summed E-state index contributed by atoms with van der Waals surface area (Å²) in [5.41, 5.74) is 3.05. The van der Waals surface area contributed by atoms with Gasteiger partial charge in [0.05, 0.1) is 17.7 Å². The molecule has 0 aliphatic heterocycles. The molecule has 2 saturated carbocycles. The van der Waals surface area contributed by atoms with Crippen LogP contribution < -0.4 is 0 Å². The molecule has 2 N–H and O–H groups in total. The monoisotopic (exact) mass is 603 g/mol. The van der Waals surface area contributed by atoms with Gasteiger partial charge in [-0.25, -0.2) is 0 Å². The number of fused-ring (bicyclic) bond motifs is 4. The minimum atomic E-state index is -0.216. The van der Waals surface area contributed by atoms with Crippen molar-refractivity contribution in [3.8, 4) is 11.3 Å². The van der Waals surface area contributed by atoms with Crippen LogP contribution in [0, 0.1) is 17.9 Å². The molecule has 3 nitrogen and oxygen atoms in total. The van der Waals surface area contributed by atoms with Crippen molar-refractivity contribution in [2.45, 2.75) is 44.3 Å². The number of rotatable bonds is 1. The molecule has 0 saturated heterocycles. The minimum absolute atomic E-state index is 0. The van der Waals surface area contributed by atoms with E-state index >= 15 is 0 Å². The first-order valence-electron chi connectivity index (χ1n) is 11.3. The van der Waals surface area contributed by atoms with Crippen molar-refractivity contribution in [3.63, 3.8) is 0 Å². The Bertz CT molecular complexity index is 1180. The quantitative estimate of drug-likeness (QED) is 0.215. The van der Waals surface area contributed by atoms with Crippen molar-refractivity contribution in [2.24, 2.45) is 11.8 Å². The molecule has 1 heterocycles. The smallest absolute Gasteiger partial charge is 0.0673 e.